The maximum Gasteiger partial charge on any atom is 0.253 e. The van der Waals surface area contributed by atoms with Gasteiger partial charge in [-0.05, 0) is 38.0 Å². The van der Waals surface area contributed by atoms with Crippen molar-refractivity contribution in [1.82, 2.24) is 25.0 Å². The number of nitrogens with zero attached hydrogens (tertiary/aromatic N) is 5. The molecular formula is C19H19N5O2. The lowest BCUT2D eigenvalue weighted by molar-refractivity contribution is 0.0695. The highest BCUT2D eigenvalue weighted by Gasteiger charge is 2.29. The number of carbonyl (C=O) groups is 1. The Kier molecular flexibility index (Phi) is 4.43. The van der Waals surface area contributed by atoms with Crippen LogP contribution in [0.1, 0.15) is 40.7 Å². The number of aromatic nitrogens is 4. The highest BCUT2D eigenvalue weighted by Crippen LogP contribution is 2.27. The second-order valence-electron chi connectivity index (χ2n) is 6.43. The van der Waals surface area contributed by atoms with Gasteiger partial charge in [-0.25, -0.2) is 9.97 Å². The van der Waals surface area contributed by atoms with Crippen LogP contribution in [0.3, 0.4) is 0 Å². The molecule has 0 saturated carbocycles. The zero-order valence-corrected chi connectivity index (χ0v) is 14.5. The topological polar surface area (TPSA) is 85.0 Å². The van der Waals surface area contributed by atoms with Crippen LogP contribution in [0.4, 0.5) is 0 Å². The predicted molar refractivity (Wildman–Crippen MR) is 94.4 cm³/mol. The predicted octanol–water partition coefficient (Wildman–Crippen LogP) is 2.85. The number of amides is 1. The van der Waals surface area contributed by atoms with E-state index < -0.39 is 0 Å². The molecule has 1 aromatic carbocycles. The number of aryl methyl sites for hydroxylation is 1. The van der Waals surface area contributed by atoms with Gasteiger partial charge in [-0.15, -0.1) is 0 Å². The molecule has 26 heavy (non-hydrogen) atoms. The Labute approximate surface area is 151 Å². The Balaban J connectivity index is 1.51. The van der Waals surface area contributed by atoms with E-state index in [0.29, 0.717) is 29.6 Å². The minimum atomic E-state index is 0.0301. The molecule has 1 fully saturated rings. The van der Waals surface area contributed by atoms with Crippen molar-refractivity contribution >= 4 is 5.91 Å². The molecule has 1 amide bonds. The van der Waals surface area contributed by atoms with Gasteiger partial charge in [0.05, 0.1) is 5.92 Å². The summed E-state index contributed by atoms with van der Waals surface area (Å²) in [6, 6.07) is 11.2. The van der Waals surface area contributed by atoms with Gasteiger partial charge >= 0.3 is 0 Å². The summed E-state index contributed by atoms with van der Waals surface area (Å²) in [6.45, 7) is 3.20. The number of carbonyl (C=O) groups excluding carboxylic acids is 1. The Morgan fingerprint density at radius 2 is 2.00 bits per heavy atom. The molecule has 0 radical (unpaired) electrons. The van der Waals surface area contributed by atoms with E-state index in [1.165, 1.54) is 0 Å². The van der Waals surface area contributed by atoms with Crippen molar-refractivity contribution in [2.75, 3.05) is 13.1 Å². The molecule has 3 aromatic rings. The molecule has 1 aliphatic heterocycles. The van der Waals surface area contributed by atoms with Crippen molar-refractivity contribution in [3.05, 3.63) is 59.7 Å². The van der Waals surface area contributed by atoms with E-state index in [-0.39, 0.29) is 11.8 Å². The van der Waals surface area contributed by atoms with Gasteiger partial charge in [0.25, 0.3) is 5.91 Å². The van der Waals surface area contributed by atoms with Crippen molar-refractivity contribution in [2.24, 2.45) is 0 Å². The number of hydrogen-bond acceptors (Lipinski definition) is 6. The first kappa shape index (κ1) is 16.4. The van der Waals surface area contributed by atoms with Crippen LogP contribution in [0.25, 0.3) is 11.6 Å². The lowest BCUT2D eigenvalue weighted by atomic mass is 9.97. The molecule has 1 unspecified atom stereocenters. The van der Waals surface area contributed by atoms with Crippen molar-refractivity contribution in [2.45, 2.75) is 25.7 Å². The number of rotatable bonds is 3. The van der Waals surface area contributed by atoms with Crippen molar-refractivity contribution in [3.8, 4) is 11.6 Å². The average molecular weight is 349 g/mol. The first-order chi connectivity index (χ1) is 12.7. The molecule has 4 rings (SSSR count). The molecule has 1 atom stereocenters. The summed E-state index contributed by atoms with van der Waals surface area (Å²) in [5, 5.41) is 4.02. The molecule has 1 saturated heterocycles. The summed E-state index contributed by atoms with van der Waals surface area (Å²) in [6.07, 6.45) is 3.49. The molecule has 0 N–H and O–H groups in total. The van der Waals surface area contributed by atoms with Gasteiger partial charge < -0.3 is 9.42 Å². The quantitative estimate of drug-likeness (QED) is 0.723. The van der Waals surface area contributed by atoms with E-state index in [2.05, 4.69) is 20.1 Å². The molecule has 0 aliphatic carbocycles. The average Bonchev–Trinajstić information content (AvgIpc) is 3.19. The largest absolute Gasteiger partial charge is 0.338 e. The lowest BCUT2D eigenvalue weighted by Gasteiger charge is -2.31. The van der Waals surface area contributed by atoms with E-state index in [0.717, 1.165) is 25.1 Å². The first-order valence-electron chi connectivity index (χ1n) is 8.68. The van der Waals surface area contributed by atoms with Gasteiger partial charge in [0.2, 0.25) is 17.5 Å². The maximum atomic E-state index is 12.7. The van der Waals surface area contributed by atoms with E-state index in [1.54, 1.807) is 6.20 Å². The Hall–Kier alpha value is -3.09. The van der Waals surface area contributed by atoms with Crippen molar-refractivity contribution in [1.29, 1.82) is 0 Å². The van der Waals surface area contributed by atoms with Crippen molar-refractivity contribution in [3.63, 3.8) is 0 Å². The van der Waals surface area contributed by atoms with Crippen LogP contribution in [0, 0.1) is 6.92 Å². The van der Waals surface area contributed by atoms with Gasteiger partial charge in [0.15, 0.2) is 0 Å². The summed E-state index contributed by atoms with van der Waals surface area (Å²) < 4.78 is 5.45. The summed E-state index contributed by atoms with van der Waals surface area (Å²) in [5.41, 5.74) is 1.55. The van der Waals surface area contributed by atoms with Crippen LogP contribution < -0.4 is 0 Å². The molecule has 2 aromatic heterocycles. The molecule has 0 bridgehead atoms. The molecule has 0 spiro atoms. The van der Waals surface area contributed by atoms with Crippen LogP contribution >= 0.6 is 0 Å². The third-order valence-corrected chi connectivity index (χ3v) is 4.52. The molecule has 3 heterocycles. The lowest BCUT2D eigenvalue weighted by Crippen LogP contribution is -2.39. The van der Waals surface area contributed by atoms with E-state index in [9.17, 15) is 4.79 Å². The summed E-state index contributed by atoms with van der Waals surface area (Å²) in [5.74, 6) is 1.44. The molecule has 132 valence electrons. The first-order valence-corrected chi connectivity index (χ1v) is 8.68. The van der Waals surface area contributed by atoms with Gasteiger partial charge in [-0.2, -0.15) is 4.98 Å². The zero-order valence-electron chi connectivity index (χ0n) is 14.5. The Morgan fingerprint density at radius 3 is 2.81 bits per heavy atom. The standard InChI is InChI=1S/C19H19N5O2/c1-13-9-10-20-16(21-13)17-22-18(26-23-17)15-8-5-11-24(12-15)19(25)14-6-3-2-4-7-14/h2-4,6-7,9-10,15H,5,8,11-12H2,1H3. The maximum absolute atomic E-state index is 12.7. The minimum absolute atomic E-state index is 0.0301. The van der Waals surface area contributed by atoms with Gasteiger partial charge in [-0.1, -0.05) is 23.4 Å². The van der Waals surface area contributed by atoms with Gasteiger partial charge in [0, 0.05) is 30.5 Å². The fourth-order valence-corrected chi connectivity index (χ4v) is 3.17. The number of hydrogen-bond donors (Lipinski definition) is 0. The van der Waals surface area contributed by atoms with Crippen LogP contribution in [-0.4, -0.2) is 44.0 Å². The Bertz CT molecular complexity index is 909. The van der Waals surface area contributed by atoms with Crippen LogP contribution in [0.5, 0.6) is 0 Å². The molecule has 7 heteroatoms. The zero-order chi connectivity index (χ0) is 17.9. The van der Waals surface area contributed by atoms with Crippen LogP contribution in [-0.2, 0) is 0 Å². The van der Waals surface area contributed by atoms with E-state index in [1.807, 2.05) is 48.2 Å². The highest BCUT2D eigenvalue weighted by molar-refractivity contribution is 5.94. The summed E-state index contributed by atoms with van der Waals surface area (Å²) in [7, 11) is 0. The van der Waals surface area contributed by atoms with Gasteiger partial charge in [-0.3, -0.25) is 4.79 Å². The minimum Gasteiger partial charge on any atom is -0.338 e. The second-order valence-corrected chi connectivity index (χ2v) is 6.43. The summed E-state index contributed by atoms with van der Waals surface area (Å²) in [4.78, 5) is 27.5. The fraction of sp³-hybridized carbons (Fsp3) is 0.316. The third kappa shape index (κ3) is 3.33. The fourth-order valence-electron chi connectivity index (χ4n) is 3.17. The van der Waals surface area contributed by atoms with Gasteiger partial charge in [0.1, 0.15) is 0 Å². The highest BCUT2D eigenvalue weighted by atomic mass is 16.5. The third-order valence-electron chi connectivity index (χ3n) is 4.52. The normalized spacial score (nSPS) is 17.3. The van der Waals surface area contributed by atoms with Crippen LogP contribution in [0.15, 0.2) is 47.1 Å². The number of likely N-dealkylation sites (tertiary alicyclic amines) is 1. The van der Waals surface area contributed by atoms with Crippen LogP contribution in [0.2, 0.25) is 0 Å². The number of piperidine rings is 1. The number of benzene rings is 1. The van der Waals surface area contributed by atoms with E-state index in [4.69, 9.17) is 4.52 Å². The van der Waals surface area contributed by atoms with Crippen molar-refractivity contribution < 1.29 is 9.32 Å². The Morgan fingerprint density at radius 1 is 1.15 bits per heavy atom. The second kappa shape index (κ2) is 7.03. The molecule has 7 nitrogen and oxygen atoms in total. The molecular weight excluding hydrogens is 330 g/mol. The van der Waals surface area contributed by atoms with E-state index >= 15 is 0 Å². The smallest absolute Gasteiger partial charge is 0.253 e. The SMILES string of the molecule is Cc1ccnc(-c2noc(C3CCCN(C(=O)c4ccccc4)C3)n2)n1. The summed E-state index contributed by atoms with van der Waals surface area (Å²) >= 11 is 0. The molecule has 1 aliphatic rings. The monoisotopic (exact) mass is 349 g/mol.